The fourth-order valence-electron chi connectivity index (χ4n) is 3.43. The van der Waals surface area contributed by atoms with Crippen molar-refractivity contribution in [2.24, 2.45) is 0 Å². The number of aromatic amines is 1. The second kappa shape index (κ2) is 7.90. The molecule has 2 aromatic carbocycles. The van der Waals surface area contributed by atoms with E-state index in [1.54, 1.807) is 24.3 Å². The van der Waals surface area contributed by atoms with E-state index in [1.807, 2.05) is 6.20 Å². The van der Waals surface area contributed by atoms with Crippen LogP contribution in [0.4, 0.5) is 0 Å². The van der Waals surface area contributed by atoms with Gasteiger partial charge in [0.25, 0.3) is 0 Å². The first kappa shape index (κ1) is 18.3. The van der Waals surface area contributed by atoms with E-state index in [1.165, 1.54) is 10.9 Å². The van der Waals surface area contributed by atoms with Gasteiger partial charge in [-0.25, -0.2) is 0 Å². The van der Waals surface area contributed by atoms with Crippen LogP contribution in [-0.4, -0.2) is 53.5 Å². The molecule has 2 heterocycles. The molecule has 2 N–H and O–H groups in total. The Kier molecular flexibility index (Phi) is 5.36. The minimum atomic E-state index is -1.06. The first-order valence-electron chi connectivity index (χ1n) is 9.07. The Morgan fingerprint density at radius 3 is 2.89 bits per heavy atom. The number of hydrogen-bond acceptors (Lipinski definition) is 4. The van der Waals surface area contributed by atoms with Crippen molar-refractivity contribution in [3.05, 3.63) is 65.3 Å². The zero-order valence-electron chi connectivity index (χ0n) is 15.0. The molecule has 1 saturated heterocycles. The van der Waals surface area contributed by atoms with Gasteiger partial charge < -0.3 is 19.6 Å². The highest BCUT2D eigenvalue weighted by molar-refractivity contribution is 6.30. The highest BCUT2D eigenvalue weighted by Crippen LogP contribution is 2.21. The van der Waals surface area contributed by atoms with Gasteiger partial charge in [0.1, 0.15) is 18.0 Å². The van der Waals surface area contributed by atoms with Gasteiger partial charge in [0.15, 0.2) is 0 Å². The number of hydrogen-bond donors (Lipinski definition) is 2. The summed E-state index contributed by atoms with van der Waals surface area (Å²) in [4.78, 5) is 5.43. The zero-order valence-corrected chi connectivity index (χ0v) is 15.8. The Morgan fingerprint density at radius 1 is 1.19 bits per heavy atom. The molecule has 5 nitrogen and oxygen atoms in total. The first-order valence-corrected chi connectivity index (χ1v) is 9.44. The molecule has 6 heteroatoms. The van der Waals surface area contributed by atoms with Crippen molar-refractivity contribution in [3.8, 4) is 5.75 Å². The lowest BCUT2D eigenvalue weighted by molar-refractivity contribution is -0.0646. The lowest BCUT2D eigenvalue weighted by atomic mass is 10.1. The van der Waals surface area contributed by atoms with Gasteiger partial charge in [-0.1, -0.05) is 17.7 Å². The van der Waals surface area contributed by atoms with E-state index in [9.17, 15) is 5.11 Å². The van der Waals surface area contributed by atoms with Gasteiger partial charge in [-0.05, 0) is 53.4 Å². The van der Waals surface area contributed by atoms with Gasteiger partial charge in [-0.3, -0.25) is 4.90 Å². The van der Waals surface area contributed by atoms with Crippen LogP contribution >= 0.6 is 11.6 Å². The second-order valence-electron chi connectivity index (χ2n) is 7.13. The normalized spacial score (nSPS) is 21.3. The Hall–Kier alpha value is -2.05. The third-order valence-electron chi connectivity index (χ3n) is 4.79. The van der Waals surface area contributed by atoms with Gasteiger partial charge >= 0.3 is 0 Å². The number of rotatable bonds is 5. The predicted molar refractivity (Wildman–Crippen MR) is 106 cm³/mol. The van der Waals surface area contributed by atoms with Crippen molar-refractivity contribution >= 4 is 22.5 Å². The van der Waals surface area contributed by atoms with Crippen molar-refractivity contribution in [1.29, 1.82) is 0 Å². The second-order valence-corrected chi connectivity index (χ2v) is 7.57. The summed E-state index contributed by atoms with van der Waals surface area (Å²) in [6.45, 7) is 3.04. The smallest absolute Gasteiger partial charge is 0.134 e. The topological polar surface area (TPSA) is 57.7 Å². The molecule has 0 aliphatic carbocycles. The third kappa shape index (κ3) is 4.62. The van der Waals surface area contributed by atoms with Gasteiger partial charge in [0.2, 0.25) is 0 Å². The van der Waals surface area contributed by atoms with Crippen LogP contribution in [0.25, 0.3) is 10.9 Å². The Bertz CT molecular complexity index is 896. The molecule has 0 amide bonds. The molecule has 0 spiro atoms. The summed E-state index contributed by atoms with van der Waals surface area (Å²) >= 11 is 5.90. The SMILES string of the molecule is O[C@]1(COc2ccc(Cl)cc2)COCCN(Cc2ccc3[nH]ccc3c2)C1. The van der Waals surface area contributed by atoms with Crippen LogP contribution < -0.4 is 4.74 Å². The van der Waals surface area contributed by atoms with Crippen LogP contribution in [0.1, 0.15) is 5.56 Å². The molecule has 142 valence electrons. The molecule has 4 rings (SSSR count). The fourth-order valence-corrected chi connectivity index (χ4v) is 3.55. The van der Waals surface area contributed by atoms with Crippen molar-refractivity contribution in [2.75, 3.05) is 32.9 Å². The summed E-state index contributed by atoms with van der Waals surface area (Å²) in [5.74, 6) is 0.682. The van der Waals surface area contributed by atoms with E-state index >= 15 is 0 Å². The largest absolute Gasteiger partial charge is 0.490 e. The standard InChI is InChI=1S/C21H23ClN2O3/c22-18-2-4-19(5-3-18)27-15-21(25)13-24(9-10-26-14-21)12-16-1-6-20-17(11-16)7-8-23-20/h1-8,11,23,25H,9-10,12-15H2/t21-/m0/s1. The van der Waals surface area contributed by atoms with E-state index in [0.29, 0.717) is 23.9 Å². The van der Waals surface area contributed by atoms with Gasteiger partial charge in [0.05, 0.1) is 13.2 Å². The monoisotopic (exact) mass is 386 g/mol. The minimum Gasteiger partial charge on any atom is -0.490 e. The van der Waals surface area contributed by atoms with Gasteiger partial charge in [-0.15, -0.1) is 0 Å². The molecule has 3 aromatic rings. The molecule has 0 unspecified atom stereocenters. The molecule has 1 fully saturated rings. The number of benzene rings is 2. The number of ether oxygens (including phenoxy) is 2. The number of β-amino-alcohol motifs (C(OH)–C–C–N with tert-alkyl or cyclic N) is 1. The average Bonchev–Trinajstić information content (AvgIpc) is 3.04. The Balaban J connectivity index is 1.41. The molecule has 1 aliphatic rings. The molecular weight excluding hydrogens is 364 g/mol. The van der Waals surface area contributed by atoms with Crippen LogP contribution in [0.2, 0.25) is 5.02 Å². The van der Waals surface area contributed by atoms with Crippen molar-refractivity contribution in [1.82, 2.24) is 9.88 Å². The maximum atomic E-state index is 11.0. The number of H-pyrrole nitrogens is 1. The quantitative estimate of drug-likeness (QED) is 0.705. The summed E-state index contributed by atoms with van der Waals surface area (Å²) in [7, 11) is 0. The van der Waals surface area contributed by atoms with Crippen LogP contribution in [0.3, 0.4) is 0 Å². The van der Waals surface area contributed by atoms with E-state index in [4.69, 9.17) is 21.1 Å². The van der Waals surface area contributed by atoms with Gasteiger partial charge in [0, 0.05) is 36.4 Å². The Labute approximate surface area is 163 Å². The van der Waals surface area contributed by atoms with Crippen molar-refractivity contribution in [2.45, 2.75) is 12.1 Å². The lowest BCUT2D eigenvalue weighted by Gasteiger charge is -2.30. The summed E-state index contributed by atoms with van der Waals surface area (Å²) < 4.78 is 11.4. The van der Waals surface area contributed by atoms with E-state index in [-0.39, 0.29) is 13.2 Å². The van der Waals surface area contributed by atoms with E-state index in [0.717, 1.165) is 18.6 Å². The Morgan fingerprint density at radius 2 is 2.04 bits per heavy atom. The molecule has 1 aliphatic heterocycles. The minimum absolute atomic E-state index is 0.169. The van der Waals surface area contributed by atoms with E-state index < -0.39 is 5.60 Å². The molecule has 1 aromatic heterocycles. The number of halogens is 1. The zero-order chi connectivity index (χ0) is 18.7. The molecule has 0 radical (unpaired) electrons. The molecule has 27 heavy (non-hydrogen) atoms. The summed E-state index contributed by atoms with van der Waals surface area (Å²) in [5.41, 5.74) is 1.28. The number of aliphatic hydroxyl groups is 1. The lowest BCUT2D eigenvalue weighted by Crippen LogP contribution is -2.48. The van der Waals surface area contributed by atoms with Crippen molar-refractivity contribution in [3.63, 3.8) is 0 Å². The maximum absolute atomic E-state index is 11.0. The molecular formula is C21H23ClN2O3. The highest BCUT2D eigenvalue weighted by Gasteiger charge is 2.33. The van der Waals surface area contributed by atoms with Crippen LogP contribution in [0, 0.1) is 0 Å². The predicted octanol–water partition coefficient (Wildman–Crippen LogP) is 3.46. The number of aromatic nitrogens is 1. The molecule has 1 atom stereocenters. The summed E-state index contributed by atoms with van der Waals surface area (Å²) in [5, 5.41) is 12.9. The highest BCUT2D eigenvalue weighted by atomic mass is 35.5. The van der Waals surface area contributed by atoms with E-state index in [2.05, 4.69) is 34.1 Å². The molecule has 0 saturated carbocycles. The van der Waals surface area contributed by atoms with Crippen LogP contribution in [0.5, 0.6) is 5.75 Å². The third-order valence-corrected chi connectivity index (χ3v) is 5.04. The first-order chi connectivity index (χ1) is 13.1. The summed E-state index contributed by atoms with van der Waals surface area (Å²) in [6.07, 6.45) is 1.95. The van der Waals surface area contributed by atoms with Crippen molar-refractivity contribution < 1.29 is 14.6 Å². The fraction of sp³-hybridized carbons (Fsp3) is 0.333. The van der Waals surface area contributed by atoms with Crippen LogP contribution in [0.15, 0.2) is 54.7 Å². The van der Waals surface area contributed by atoms with Crippen LogP contribution in [-0.2, 0) is 11.3 Å². The number of nitrogens with one attached hydrogen (secondary N) is 1. The van der Waals surface area contributed by atoms with Gasteiger partial charge in [-0.2, -0.15) is 0 Å². The average molecular weight is 387 g/mol. The molecule has 0 bridgehead atoms. The maximum Gasteiger partial charge on any atom is 0.134 e. The summed E-state index contributed by atoms with van der Waals surface area (Å²) in [6, 6.07) is 15.6. The number of fused-ring (bicyclic) bond motifs is 1. The number of nitrogens with zero attached hydrogens (tertiary/aromatic N) is 1.